The van der Waals surface area contributed by atoms with Gasteiger partial charge in [0.1, 0.15) is 5.76 Å². The fraction of sp³-hybridized carbons (Fsp3) is 0.765. The van der Waals surface area contributed by atoms with Gasteiger partial charge in [0.25, 0.3) is 0 Å². The molecule has 0 radical (unpaired) electrons. The van der Waals surface area contributed by atoms with E-state index in [1.165, 1.54) is 31.5 Å². The molecule has 1 fully saturated rings. The highest BCUT2D eigenvalue weighted by Crippen LogP contribution is 2.18. The number of nitrogens with one attached hydrogen (secondary N) is 1. The Morgan fingerprint density at radius 1 is 1.48 bits per heavy atom. The molecule has 1 aliphatic rings. The number of furan rings is 1. The van der Waals surface area contributed by atoms with Gasteiger partial charge in [-0.15, -0.1) is 0 Å². The van der Waals surface area contributed by atoms with Crippen molar-refractivity contribution in [1.82, 2.24) is 15.1 Å². The van der Waals surface area contributed by atoms with E-state index in [2.05, 4.69) is 49.1 Å². The van der Waals surface area contributed by atoms with Crippen molar-refractivity contribution in [2.45, 2.75) is 45.8 Å². The summed E-state index contributed by atoms with van der Waals surface area (Å²) in [5.41, 5.74) is 1.32. The first-order valence-corrected chi connectivity index (χ1v) is 8.21. The molecular formula is C17H31N3O. The third kappa shape index (κ3) is 5.13. The molecule has 2 rings (SSSR count). The zero-order valence-electron chi connectivity index (χ0n) is 14.1. The van der Waals surface area contributed by atoms with Gasteiger partial charge in [-0.25, -0.2) is 0 Å². The zero-order chi connectivity index (χ0) is 15.2. The predicted octanol–water partition coefficient (Wildman–Crippen LogP) is 2.55. The van der Waals surface area contributed by atoms with Gasteiger partial charge in [0, 0.05) is 24.7 Å². The fourth-order valence-corrected chi connectivity index (χ4v) is 3.03. The Kier molecular flexibility index (Phi) is 6.27. The van der Waals surface area contributed by atoms with Gasteiger partial charge in [0.15, 0.2) is 0 Å². The van der Waals surface area contributed by atoms with Crippen LogP contribution in [0.4, 0.5) is 0 Å². The normalized spacial score (nSPS) is 20.6. The van der Waals surface area contributed by atoms with Crippen molar-refractivity contribution >= 4 is 0 Å². The number of piperidine rings is 1. The van der Waals surface area contributed by atoms with Crippen molar-refractivity contribution < 1.29 is 4.42 Å². The van der Waals surface area contributed by atoms with Crippen LogP contribution in [0.2, 0.25) is 0 Å². The quantitative estimate of drug-likeness (QED) is 0.837. The van der Waals surface area contributed by atoms with Gasteiger partial charge in [0.2, 0.25) is 0 Å². The SMILES string of the molecule is CC(C)CNCc1occc1CN(C)C1CCCN(C)C1. The molecule has 0 aromatic carbocycles. The Morgan fingerprint density at radius 3 is 3.00 bits per heavy atom. The minimum Gasteiger partial charge on any atom is -0.468 e. The predicted molar refractivity (Wildman–Crippen MR) is 87.2 cm³/mol. The van der Waals surface area contributed by atoms with Crippen LogP contribution in [0.5, 0.6) is 0 Å². The van der Waals surface area contributed by atoms with E-state index in [1.807, 2.05) is 6.26 Å². The van der Waals surface area contributed by atoms with Gasteiger partial charge < -0.3 is 14.6 Å². The molecular weight excluding hydrogens is 262 g/mol. The first-order chi connectivity index (χ1) is 10.1. The molecule has 4 nitrogen and oxygen atoms in total. The van der Waals surface area contributed by atoms with Gasteiger partial charge in [-0.2, -0.15) is 0 Å². The average Bonchev–Trinajstić information content (AvgIpc) is 2.86. The summed E-state index contributed by atoms with van der Waals surface area (Å²) in [6.07, 6.45) is 4.43. The Labute approximate surface area is 129 Å². The van der Waals surface area contributed by atoms with E-state index in [4.69, 9.17) is 4.42 Å². The Morgan fingerprint density at radius 2 is 2.29 bits per heavy atom. The van der Waals surface area contributed by atoms with Crippen LogP contribution in [-0.2, 0) is 13.1 Å². The van der Waals surface area contributed by atoms with Crippen LogP contribution in [0, 0.1) is 5.92 Å². The maximum Gasteiger partial charge on any atom is 0.122 e. The van der Waals surface area contributed by atoms with Gasteiger partial charge >= 0.3 is 0 Å². The minimum atomic E-state index is 0.662. The number of nitrogens with zero attached hydrogens (tertiary/aromatic N) is 2. The summed E-state index contributed by atoms with van der Waals surface area (Å²) in [7, 11) is 4.46. The molecule has 0 aliphatic carbocycles. The summed E-state index contributed by atoms with van der Waals surface area (Å²) >= 11 is 0. The molecule has 4 heteroatoms. The molecule has 1 atom stereocenters. The number of likely N-dealkylation sites (N-methyl/N-ethyl adjacent to an activating group) is 2. The first-order valence-electron chi connectivity index (χ1n) is 8.21. The smallest absolute Gasteiger partial charge is 0.122 e. The monoisotopic (exact) mass is 293 g/mol. The van der Waals surface area contributed by atoms with Gasteiger partial charge in [-0.05, 0) is 52.0 Å². The molecule has 1 saturated heterocycles. The molecule has 2 heterocycles. The maximum absolute atomic E-state index is 5.66. The highest BCUT2D eigenvalue weighted by Gasteiger charge is 2.22. The van der Waals surface area contributed by atoms with Crippen LogP contribution in [-0.4, -0.2) is 49.6 Å². The van der Waals surface area contributed by atoms with Gasteiger partial charge in [-0.3, -0.25) is 4.90 Å². The van der Waals surface area contributed by atoms with E-state index < -0.39 is 0 Å². The molecule has 1 aromatic heterocycles. The van der Waals surface area contributed by atoms with Crippen LogP contribution in [0.15, 0.2) is 16.7 Å². The second-order valence-corrected chi connectivity index (χ2v) is 6.87. The van der Waals surface area contributed by atoms with E-state index >= 15 is 0 Å². The van der Waals surface area contributed by atoms with E-state index in [1.54, 1.807) is 0 Å². The first kappa shape index (κ1) is 16.5. The Balaban J connectivity index is 1.85. The molecule has 1 unspecified atom stereocenters. The summed E-state index contributed by atoms with van der Waals surface area (Å²) in [5.74, 6) is 1.76. The lowest BCUT2D eigenvalue weighted by Crippen LogP contribution is -2.44. The molecule has 0 bridgehead atoms. The van der Waals surface area contributed by atoms with E-state index in [0.717, 1.165) is 25.4 Å². The molecule has 0 spiro atoms. The molecule has 1 aromatic rings. The standard InChI is InChI=1S/C17H31N3O/c1-14(2)10-18-11-17-15(7-9-21-17)12-20(4)16-6-5-8-19(3)13-16/h7,9,14,16,18H,5-6,8,10-13H2,1-4H3. The van der Waals surface area contributed by atoms with Crippen LogP contribution in [0.3, 0.4) is 0 Å². The number of likely N-dealkylation sites (tertiary alicyclic amines) is 1. The van der Waals surface area contributed by atoms with E-state index in [-0.39, 0.29) is 0 Å². The topological polar surface area (TPSA) is 31.7 Å². The van der Waals surface area contributed by atoms with Crippen molar-refractivity contribution in [2.75, 3.05) is 33.7 Å². The fourth-order valence-electron chi connectivity index (χ4n) is 3.03. The second-order valence-electron chi connectivity index (χ2n) is 6.87. The Hall–Kier alpha value is -0.840. The average molecular weight is 293 g/mol. The summed E-state index contributed by atoms with van der Waals surface area (Å²) in [6, 6.07) is 2.78. The summed E-state index contributed by atoms with van der Waals surface area (Å²) < 4.78 is 5.66. The van der Waals surface area contributed by atoms with Crippen LogP contribution >= 0.6 is 0 Å². The van der Waals surface area contributed by atoms with Crippen LogP contribution < -0.4 is 5.32 Å². The summed E-state index contributed by atoms with van der Waals surface area (Å²) in [4.78, 5) is 4.91. The van der Waals surface area contributed by atoms with Crippen LogP contribution in [0.25, 0.3) is 0 Å². The zero-order valence-corrected chi connectivity index (χ0v) is 14.1. The lowest BCUT2D eigenvalue weighted by Gasteiger charge is -2.35. The van der Waals surface area contributed by atoms with Crippen molar-refractivity contribution in [3.63, 3.8) is 0 Å². The van der Waals surface area contributed by atoms with Crippen molar-refractivity contribution in [3.8, 4) is 0 Å². The maximum atomic E-state index is 5.66. The lowest BCUT2D eigenvalue weighted by molar-refractivity contribution is 0.129. The third-order valence-electron chi connectivity index (χ3n) is 4.32. The van der Waals surface area contributed by atoms with Crippen molar-refractivity contribution in [3.05, 3.63) is 23.7 Å². The molecule has 0 amide bonds. The number of hydrogen-bond donors (Lipinski definition) is 1. The van der Waals surface area contributed by atoms with Crippen molar-refractivity contribution in [2.24, 2.45) is 5.92 Å². The molecule has 0 saturated carbocycles. The summed E-state index contributed by atoms with van der Waals surface area (Å²) in [6.45, 7) is 9.71. The highest BCUT2D eigenvalue weighted by atomic mass is 16.3. The minimum absolute atomic E-state index is 0.662. The second kappa shape index (κ2) is 7.97. The number of rotatable bonds is 7. The largest absolute Gasteiger partial charge is 0.468 e. The highest BCUT2D eigenvalue weighted by molar-refractivity contribution is 5.17. The molecule has 120 valence electrons. The molecule has 1 aliphatic heterocycles. The lowest BCUT2D eigenvalue weighted by atomic mass is 10.0. The molecule has 1 N–H and O–H groups in total. The third-order valence-corrected chi connectivity index (χ3v) is 4.32. The van der Waals surface area contributed by atoms with Crippen molar-refractivity contribution in [1.29, 1.82) is 0 Å². The Bertz CT molecular complexity index is 416. The molecule has 21 heavy (non-hydrogen) atoms. The number of hydrogen-bond acceptors (Lipinski definition) is 4. The summed E-state index contributed by atoms with van der Waals surface area (Å²) in [5, 5.41) is 3.47. The van der Waals surface area contributed by atoms with E-state index in [9.17, 15) is 0 Å². The van der Waals surface area contributed by atoms with Gasteiger partial charge in [-0.1, -0.05) is 13.8 Å². The van der Waals surface area contributed by atoms with E-state index in [0.29, 0.717) is 12.0 Å². The van der Waals surface area contributed by atoms with Crippen LogP contribution in [0.1, 0.15) is 38.0 Å². The van der Waals surface area contributed by atoms with Gasteiger partial charge in [0.05, 0.1) is 12.8 Å².